The van der Waals surface area contributed by atoms with Crippen LogP contribution in [0.4, 0.5) is 5.69 Å². The van der Waals surface area contributed by atoms with Gasteiger partial charge in [0.1, 0.15) is 0 Å². The second-order valence-corrected chi connectivity index (χ2v) is 6.98. The van der Waals surface area contributed by atoms with E-state index in [4.69, 9.17) is 0 Å². The number of carbonyl (C=O) groups excluding carboxylic acids is 1. The molecule has 0 unspecified atom stereocenters. The van der Waals surface area contributed by atoms with Crippen molar-refractivity contribution >= 4 is 33.0 Å². The summed E-state index contributed by atoms with van der Waals surface area (Å²) in [7, 11) is 0. The zero-order chi connectivity index (χ0) is 17.4. The van der Waals surface area contributed by atoms with Gasteiger partial charge in [0.05, 0.1) is 27.6 Å². The van der Waals surface area contributed by atoms with Crippen LogP contribution >= 0.6 is 11.3 Å². The predicted octanol–water partition coefficient (Wildman–Crippen LogP) is 4.96. The molecule has 2 aromatic carbocycles. The van der Waals surface area contributed by atoms with E-state index in [0.29, 0.717) is 4.88 Å². The van der Waals surface area contributed by atoms with Crippen molar-refractivity contribution < 1.29 is 4.79 Å². The van der Waals surface area contributed by atoms with Gasteiger partial charge in [0.25, 0.3) is 5.91 Å². The van der Waals surface area contributed by atoms with Crippen molar-refractivity contribution in [1.29, 1.82) is 0 Å². The van der Waals surface area contributed by atoms with Gasteiger partial charge in [-0.3, -0.25) is 4.79 Å². The Morgan fingerprint density at radius 3 is 2.52 bits per heavy atom. The molecule has 4 nitrogen and oxygen atoms in total. The minimum absolute atomic E-state index is 0.0972. The summed E-state index contributed by atoms with van der Waals surface area (Å²) in [5, 5.41) is 8.70. The number of rotatable bonds is 3. The van der Waals surface area contributed by atoms with E-state index in [2.05, 4.69) is 10.4 Å². The molecule has 0 aliphatic heterocycles. The number of nitrogens with one attached hydrogen (secondary N) is 1. The number of benzene rings is 2. The van der Waals surface area contributed by atoms with Crippen LogP contribution in [-0.2, 0) is 0 Å². The lowest BCUT2D eigenvalue weighted by Crippen LogP contribution is -2.11. The topological polar surface area (TPSA) is 46.9 Å². The van der Waals surface area contributed by atoms with E-state index in [1.807, 2.05) is 79.2 Å². The molecule has 5 heteroatoms. The third kappa shape index (κ3) is 2.83. The zero-order valence-corrected chi connectivity index (χ0v) is 14.8. The first-order valence-corrected chi connectivity index (χ1v) is 8.87. The van der Waals surface area contributed by atoms with E-state index in [0.717, 1.165) is 32.8 Å². The van der Waals surface area contributed by atoms with Crippen molar-refractivity contribution in [2.75, 3.05) is 5.32 Å². The van der Waals surface area contributed by atoms with E-state index >= 15 is 0 Å². The third-order valence-electron chi connectivity index (χ3n) is 4.18. The Morgan fingerprint density at radius 1 is 1.04 bits per heavy atom. The summed E-state index contributed by atoms with van der Waals surface area (Å²) in [6.45, 7) is 3.88. The maximum atomic E-state index is 12.7. The van der Waals surface area contributed by atoms with E-state index < -0.39 is 0 Å². The number of nitrogens with zero attached hydrogens (tertiary/aromatic N) is 2. The van der Waals surface area contributed by atoms with Crippen LogP contribution in [0.5, 0.6) is 0 Å². The average Bonchev–Trinajstić information content (AvgIpc) is 3.19. The molecule has 4 rings (SSSR count). The molecule has 0 aliphatic rings. The van der Waals surface area contributed by atoms with Gasteiger partial charge in [-0.15, -0.1) is 11.3 Å². The van der Waals surface area contributed by atoms with Gasteiger partial charge in [-0.1, -0.05) is 36.4 Å². The highest BCUT2D eigenvalue weighted by atomic mass is 32.1. The number of amides is 1. The molecule has 0 atom stereocenters. The number of aromatic nitrogens is 2. The Balaban J connectivity index is 1.66. The quantitative estimate of drug-likeness (QED) is 0.569. The van der Waals surface area contributed by atoms with Crippen LogP contribution in [0.1, 0.15) is 21.1 Å². The van der Waals surface area contributed by atoms with Crippen molar-refractivity contribution in [3.63, 3.8) is 0 Å². The molecule has 0 radical (unpaired) electrons. The van der Waals surface area contributed by atoms with Crippen LogP contribution in [0.3, 0.4) is 0 Å². The Hall–Kier alpha value is -2.92. The summed E-state index contributed by atoms with van der Waals surface area (Å²) < 4.78 is 2.97. The summed E-state index contributed by atoms with van der Waals surface area (Å²) in [6, 6.07) is 19.9. The molecule has 0 saturated heterocycles. The number of anilines is 1. The fourth-order valence-electron chi connectivity index (χ4n) is 2.91. The largest absolute Gasteiger partial charge is 0.318 e. The third-order valence-corrected chi connectivity index (χ3v) is 5.29. The molecule has 25 heavy (non-hydrogen) atoms. The highest BCUT2D eigenvalue weighted by Crippen LogP contribution is 2.28. The number of hydrogen-bond acceptors (Lipinski definition) is 3. The van der Waals surface area contributed by atoms with E-state index in [1.54, 1.807) is 0 Å². The summed E-state index contributed by atoms with van der Waals surface area (Å²) in [5.41, 5.74) is 3.46. The molecule has 1 N–H and O–H groups in total. The minimum Gasteiger partial charge on any atom is -0.318 e. The maximum absolute atomic E-state index is 12.7. The Kier molecular flexibility index (Phi) is 3.86. The number of thiophene rings is 1. The zero-order valence-electron chi connectivity index (χ0n) is 14.0. The van der Waals surface area contributed by atoms with Crippen LogP contribution in [0.2, 0.25) is 0 Å². The fourth-order valence-corrected chi connectivity index (χ4v) is 3.87. The van der Waals surface area contributed by atoms with Crippen LogP contribution in [0, 0.1) is 13.8 Å². The van der Waals surface area contributed by atoms with Crippen molar-refractivity contribution in [2.45, 2.75) is 13.8 Å². The first kappa shape index (κ1) is 15.6. The van der Waals surface area contributed by atoms with Crippen molar-refractivity contribution in [3.8, 4) is 5.69 Å². The summed E-state index contributed by atoms with van der Waals surface area (Å²) >= 11 is 1.50. The van der Waals surface area contributed by atoms with Gasteiger partial charge in [-0.2, -0.15) is 5.10 Å². The summed E-state index contributed by atoms with van der Waals surface area (Å²) in [4.78, 5) is 13.4. The van der Waals surface area contributed by atoms with Gasteiger partial charge in [-0.25, -0.2) is 4.68 Å². The molecule has 2 heterocycles. The normalized spacial score (nSPS) is 11.0. The smallest absolute Gasteiger partial charge is 0.265 e. The van der Waals surface area contributed by atoms with Crippen molar-refractivity contribution in [1.82, 2.24) is 9.78 Å². The SMILES string of the molecule is Cc1nn(-c2ccccc2)c(C)c1NC(=O)c1cc2ccccc2s1. The highest BCUT2D eigenvalue weighted by molar-refractivity contribution is 7.20. The Bertz CT molecular complexity index is 1030. The average molecular weight is 347 g/mol. The van der Waals surface area contributed by atoms with E-state index in [9.17, 15) is 4.79 Å². The molecule has 0 spiro atoms. The first-order valence-electron chi connectivity index (χ1n) is 8.05. The molecule has 0 aliphatic carbocycles. The first-order chi connectivity index (χ1) is 12.1. The molecule has 0 saturated carbocycles. The second-order valence-electron chi connectivity index (χ2n) is 5.90. The molecule has 2 aromatic heterocycles. The molecule has 0 bridgehead atoms. The minimum atomic E-state index is -0.0972. The fraction of sp³-hybridized carbons (Fsp3) is 0.100. The van der Waals surface area contributed by atoms with Crippen molar-refractivity contribution in [2.24, 2.45) is 0 Å². The molecule has 1 amide bonds. The number of fused-ring (bicyclic) bond motifs is 1. The molecule has 0 fully saturated rings. The van der Waals surface area contributed by atoms with Gasteiger partial charge < -0.3 is 5.32 Å². The molecule has 124 valence electrons. The number of hydrogen-bond donors (Lipinski definition) is 1. The number of aryl methyl sites for hydroxylation is 1. The molecular weight excluding hydrogens is 330 g/mol. The maximum Gasteiger partial charge on any atom is 0.265 e. The van der Waals surface area contributed by atoms with Crippen LogP contribution in [-0.4, -0.2) is 15.7 Å². The van der Waals surface area contributed by atoms with Crippen molar-refractivity contribution in [3.05, 3.63) is 76.9 Å². The standard InChI is InChI=1S/C20H17N3OS/c1-13-19(14(2)23(22-13)16-9-4-3-5-10-16)21-20(24)18-12-15-8-6-7-11-17(15)25-18/h3-12H,1-2H3,(H,21,24). The van der Waals surface area contributed by atoms with Gasteiger partial charge in [0, 0.05) is 4.70 Å². The monoisotopic (exact) mass is 347 g/mol. The lowest BCUT2D eigenvalue weighted by atomic mass is 10.2. The van der Waals surface area contributed by atoms with Crippen LogP contribution in [0.25, 0.3) is 15.8 Å². The van der Waals surface area contributed by atoms with Crippen LogP contribution < -0.4 is 5.32 Å². The Labute approximate surface area is 149 Å². The van der Waals surface area contributed by atoms with Gasteiger partial charge in [0.2, 0.25) is 0 Å². The Morgan fingerprint density at radius 2 is 1.76 bits per heavy atom. The molecule has 4 aromatic rings. The predicted molar refractivity (Wildman–Crippen MR) is 103 cm³/mol. The van der Waals surface area contributed by atoms with Gasteiger partial charge >= 0.3 is 0 Å². The second kappa shape index (κ2) is 6.18. The summed E-state index contributed by atoms with van der Waals surface area (Å²) in [6.07, 6.45) is 0. The van der Waals surface area contributed by atoms with E-state index in [-0.39, 0.29) is 5.91 Å². The van der Waals surface area contributed by atoms with E-state index in [1.165, 1.54) is 11.3 Å². The lowest BCUT2D eigenvalue weighted by Gasteiger charge is -2.06. The number of carbonyl (C=O) groups is 1. The van der Waals surface area contributed by atoms with Crippen LogP contribution in [0.15, 0.2) is 60.7 Å². The van der Waals surface area contributed by atoms with Gasteiger partial charge in [0.15, 0.2) is 0 Å². The molecular formula is C20H17N3OS. The van der Waals surface area contributed by atoms with Gasteiger partial charge in [-0.05, 0) is 43.5 Å². The number of para-hydroxylation sites is 1. The highest BCUT2D eigenvalue weighted by Gasteiger charge is 2.17. The lowest BCUT2D eigenvalue weighted by molar-refractivity contribution is 0.103. The summed E-state index contributed by atoms with van der Waals surface area (Å²) in [5.74, 6) is -0.0972.